The zero-order chi connectivity index (χ0) is 11.0. The molecule has 1 aromatic rings. The van der Waals surface area contributed by atoms with Crippen molar-refractivity contribution in [3.63, 3.8) is 0 Å². The van der Waals surface area contributed by atoms with Gasteiger partial charge in [0.2, 0.25) is 0 Å². The van der Waals surface area contributed by atoms with Gasteiger partial charge in [0.1, 0.15) is 0 Å². The monoisotopic (exact) mass is 240 g/mol. The van der Waals surface area contributed by atoms with Crippen LogP contribution in [-0.2, 0) is 11.2 Å². The quantitative estimate of drug-likeness (QED) is 0.753. The Bertz CT molecular complexity index is 422. The summed E-state index contributed by atoms with van der Waals surface area (Å²) in [6.07, 6.45) is 3.61. The van der Waals surface area contributed by atoms with Gasteiger partial charge in [-0.3, -0.25) is 0 Å². The van der Waals surface area contributed by atoms with Crippen LogP contribution in [0.3, 0.4) is 0 Å². The lowest BCUT2D eigenvalue weighted by atomic mass is 10.1. The molecule has 86 valence electrons. The summed E-state index contributed by atoms with van der Waals surface area (Å²) in [6, 6.07) is 0.705. The normalized spacial score (nSPS) is 20.6. The molecule has 0 amide bonds. The average Bonchev–Trinajstić information content (AvgIpc) is 2.73. The molecular weight excluding hydrogens is 228 g/mol. The minimum Gasteiger partial charge on any atom is -0.424 e. The molecule has 3 rings (SSSR count). The molecule has 1 aliphatic carbocycles. The van der Waals surface area contributed by atoms with E-state index in [2.05, 4.69) is 9.88 Å². The van der Waals surface area contributed by atoms with Gasteiger partial charge in [-0.1, -0.05) is 11.6 Å². The molecule has 1 aliphatic heterocycles. The van der Waals surface area contributed by atoms with Crippen LogP contribution in [0.15, 0.2) is 9.45 Å². The van der Waals surface area contributed by atoms with Gasteiger partial charge in [-0.15, -0.1) is 0 Å². The van der Waals surface area contributed by atoms with Gasteiger partial charge < -0.3 is 14.1 Å². The number of aryl methyl sites for hydroxylation is 1. The second-order valence-electron chi connectivity index (χ2n) is 4.00. The molecule has 16 heavy (non-hydrogen) atoms. The third kappa shape index (κ3) is 1.83. The molecular formula is C11H13ClN2O2. The molecule has 0 unspecified atom stereocenters. The lowest BCUT2D eigenvalue weighted by Crippen LogP contribution is -2.36. The highest BCUT2D eigenvalue weighted by molar-refractivity contribution is 6.31. The number of nitrogens with zero attached hydrogens (tertiary/aromatic N) is 2. The Morgan fingerprint density at radius 1 is 1.25 bits per heavy atom. The van der Waals surface area contributed by atoms with Crippen LogP contribution in [0.5, 0.6) is 0 Å². The Morgan fingerprint density at radius 2 is 2.06 bits per heavy atom. The fourth-order valence-corrected chi connectivity index (χ4v) is 2.18. The highest BCUT2D eigenvalue weighted by atomic mass is 35.5. The Kier molecular flexibility index (Phi) is 2.61. The fraction of sp³-hybridized carbons (Fsp3) is 0.545. The number of ether oxygens (including phenoxy) is 1. The van der Waals surface area contributed by atoms with E-state index in [4.69, 9.17) is 20.8 Å². The molecule has 0 spiro atoms. The minimum absolute atomic E-state index is 0.705. The summed E-state index contributed by atoms with van der Waals surface area (Å²) in [5.74, 6) is 0.817. The first kappa shape index (κ1) is 10.2. The molecule has 0 atom stereocenters. The van der Waals surface area contributed by atoms with Crippen LogP contribution >= 0.6 is 11.6 Å². The number of halogens is 1. The highest BCUT2D eigenvalue weighted by Crippen LogP contribution is 2.29. The van der Waals surface area contributed by atoms with Crippen molar-refractivity contribution < 1.29 is 9.15 Å². The van der Waals surface area contributed by atoms with Gasteiger partial charge in [-0.2, -0.15) is 4.98 Å². The van der Waals surface area contributed by atoms with E-state index in [0.29, 0.717) is 6.01 Å². The van der Waals surface area contributed by atoms with Crippen LogP contribution in [0.1, 0.15) is 17.9 Å². The number of hydrogen-bond donors (Lipinski definition) is 0. The first-order valence-electron chi connectivity index (χ1n) is 5.51. The molecule has 0 N–H and O–H groups in total. The van der Waals surface area contributed by atoms with E-state index in [-0.39, 0.29) is 0 Å². The number of aromatic nitrogens is 1. The summed E-state index contributed by atoms with van der Waals surface area (Å²) >= 11 is 5.98. The second kappa shape index (κ2) is 4.11. The summed E-state index contributed by atoms with van der Waals surface area (Å²) in [5, 5.41) is 0.845. The molecule has 0 aromatic carbocycles. The van der Waals surface area contributed by atoms with Gasteiger partial charge in [0.25, 0.3) is 6.01 Å². The number of morpholine rings is 1. The SMILES string of the molecule is ClC1=Cc2oc(N3CCOCC3)nc2CC1. The van der Waals surface area contributed by atoms with Crippen LogP contribution in [0, 0.1) is 0 Å². The van der Waals surface area contributed by atoms with Crippen LogP contribution < -0.4 is 4.90 Å². The van der Waals surface area contributed by atoms with Gasteiger partial charge in [0.05, 0.1) is 18.9 Å². The molecule has 2 aliphatic rings. The van der Waals surface area contributed by atoms with E-state index in [1.165, 1.54) is 0 Å². The molecule has 0 saturated carbocycles. The number of anilines is 1. The average molecular weight is 241 g/mol. The summed E-state index contributed by atoms with van der Waals surface area (Å²) in [4.78, 5) is 6.62. The van der Waals surface area contributed by atoms with E-state index in [9.17, 15) is 0 Å². The number of allylic oxidation sites excluding steroid dienone is 1. The van der Waals surface area contributed by atoms with Crippen LogP contribution in [0.4, 0.5) is 6.01 Å². The third-order valence-corrected chi connectivity index (χ3v) is 3.18. The molecule has 1 fully saturated rings. The molecule has 0 bridgehead atoms. The largest absolute Gasteiger partial charge is 0.424 e. The summed E-state index contributed by atoms with van der Waals surface area (Å²) in [7, 11) is 0. The van der Waals surface area contributed by atoms with Crippen molar-refractivity contribution in [1.82, 2.24) is 4.98 Å². The van der Waals surface area contributed by atoms with Gasteiger partial charge in [0.15, 0.2) is 5.76 Å². The first-order valence-corrected chi connectivity index (χ1v) is 5.89. The van der Waals surface area contributed by atoms with Crippen LogP contribution in [0.25, 0.3) is 6.08 Å². The van der Waals surface area contributed by atoms with Crippen molar-refractivity contribution in [2.24, 2.45) is 0 Å². The van der Waals surface area contributed by atoms with Gasteiger partial charge in [-0.25, -0.2) is 0 Å². The number of fused-ring (bicyclic) bond motifs is 1. The second-order valence-corrected chi connectivity index (χ2v) is 4.48. The molecule has 1 saturated heterocycles. The topological polar surface area (TPSA) is 38.5 Å². The highest BCUT2D eigenvalue weighted by Gasteiger charge is 2.21. The third-order valence-electron chi connectivity index (χ3n) is 2.89. The lowest BCUT2D eigenvalue weighted by Gasteiger charge is -2.24. The first-order chi connectivity index (χ1) is 7.83. The Labute approximate surface area is 98.8 Å². The molecule has 5 heteroatoms. The van der Waals surface area contributed by atoms with Crippen LogP contribution in [-0.4, -0.2) is 31.3 Å². The Balaban J connectivity index is 1.86. The molecule has 4 nitrogen and oxygen atoms in total. The summed E-state index contributed by atoms with van der Waals surface area (Å²) < 4.78 is 11.0. The zero-order valence-electron chi connectivity index (χ0n) is 8.91. The predicted molar refractivity (Wildman–Crippen MR) is 61.7 cm³/mol. The van der Waals surface area contributed by atoms with E-state index in [1.54, 1.807) is 0 Å². The Hall–Kier alpha value is -1.00. The summed E-state index contributed by atoms with van der Waals surface area (Å²) in [6.45, 7) is 3.17. The van der Waals surface area contributed by atoms with E-state index in [0.717, 1.165) is 55.6 Å². The van der Waals surface area contributed by atoms with Crippen molar-refractivity contribution in [2.45, 2.75) is 12.8 Å². The molecule has 2 heterocycles. The van der Waals surface area contributed by atoms with Crippen molar-refractivity contribution in [2.75, 3.05) is 31.2 Å². The minimum atomic E-state index is 0.705. The maximum absolute atomic E-state index is 5.98. The smallest absolute Gasteiger partial charge is 0.298 e. The van der Waals surface area contributed by atoms with Crippen molar-refractivity contribution in [3.05, 3.63) is 16.5 Å². The number of rotatable bonds is 1. The maximum Gasteiger partial charge on any atom is 0.298 e. The summed E-state index contributed by atoms with van der Waals surface area (Å²) in [5.41, 5.74) is 1.02. The number of oxazole rings is 1. The zero-order valence-corrected chi connectivity index (χ0v) is 9.66. The van der Waals surface area contributed by atoms with Crippen LogP contribution in [0.2, 0.25) is 0 Å². The van der Waals surface area contributed by atoms with Gasteiger partial charge in [0, 0.05) is 18.1 Å². The maximum atomic E-state index is 5.98. The predicted octanol–water partition coefficient (Wildman–Crippen LogP) is 2.04. The van der Waals surface area contributed by atoms with Gasteiger partial charge in [-0.05, 0) is 18.9 Å². The molecule has 0 radical (unpaired) electrons. The lowest BCUT2D eigenvalue weighted by molar-refractivity contribution is 0.120. The standard InChI is InChI=1S/C11H13ClN2O2/c12-8-1-2-9-10(7-8)16-11(13-9)14-3-5-15-6-4-14/h7H,1-6H2. The van der Waals surface area contributed by atoms with E-state index >= 15 is 0 Å². The van der Waals surface area contributed by atoms with Crippen molar-refractivity contribution in [1.29, 1.82) is 0 Å². The van der Waals surface area contributed by atoms with E-state index in [1.807, 2.05) is 6.08 Å². The number of hydrogen-bond acceptors (Lipinski definition) is 4. The van der Waals surface area contributed by atoms with Crippen molar-refractivity contribution in [3.8, 4) is 0 Å². The Morgan fingerprint density at radius 3 is 2.88 bits per heavy atom. The van der Waals surface area contributed by atoms with Crippen molar-refractivity contribution >= 4 is 23.7 Å². The molecule has 1 aromatic heterocycles. The van der Waals surface area contributed by atoms with E-state index < -0.39 is 0 Å². The fourth-order valence-electron chi connectivity index (χ4n) is 1.98. The van der Waals surface area contributed by atoms with Gasteiger partial charge >= 0.3 is 0 Å².